The van der Waals surface area contributed by atoms with Crippen LogP contribution < -0.4 is 9.47 Å². The van der Waals surface area contributed by atoms with Crippen LogP contribution in [0.25, 0.3) is 0 Å². The molecule has 0 spiro atoms. The molecule has 29 heavy (non-hydrogen) atoms. The van der Waals surface area contributed by atoms with Gasteiger partial charge >= 0.3 is 5.97 Å². The minimum Gasteiger partial charge on any atom is -0.494 e. The van der Waals surface area contributed by atoms with Crippen molar-refractivity contribution >= 4 is 34.2 Å². The second-order valence-corrected chi connectivity index (χ2v) is 7.47. The van der Waals surface area contributed by atoms with Crippen molar-refractivity contribution in [1.29, 1.82) is 0 Å². The molecule has 1 aromatic heterocycles. The van der Waals surface area contributed by atoms with Crippen LogP contribution in [-0.2, 0) is 11.3 Å². The lowest BCUT2D eigenvalue weighted by Gasteiger charge is -2.17. The molecule has 9 heteroatoms. The van der Waals surface area contributed by atoms with E-state index in [0.717, 1.165) is 3.57 Å². The number of hydrogen-bond donors (Lipinski definition) is 0. The van der Waals surface area contributed by atoms with Gasteiger partial charge in [0.2, 0.25) is 0 Å². The van der Waals surface area contributed by atoms with Crippen LogP contribution >= 0.6 is 22.6 Å². The number of halogens is 1. The number of aromatic nitrogens is 2. The summed E-state index contributed by atoms with van der Waals surface area (Å²) in [5.41, 5.74) is -0.00330. The van der Waals surface area contributed by atoms with Gasteiger partial charge in [-0.1, -0.05) is 0 Å². The van der Waals surface area contributed by atoms with Crippen LogP contribution in [0.2, 0.25) is 0 Å². The van der Waals surface area contributed by atoms with Gasteiger partial charge < -0.3 is 14.0 Å². The standard InChI is InChI=1S/C20H18IN3O5/c21-16-1-5-19(6-2-16)29-20(25)15(13-23-11-10-22-14-23)9-12-28-18-7-3-17(4-8-18)24(26)27/h1-8,10-11,14-15H,9,12-13H2. The molecule has 0 N–H and O–H groups in total. The zero-order valence-corrected chi connectivity index (χ0v) is 17.5. The summed E-state index contributed by atoms with van der Waals surface area (Å²) in [5, 5.41) is 10.7. The normalized spacial score (nSPS) is 11.6. The smallest absolute Gasteiger partial charge is 0.316 e. The highest BCUT2D eigenvalue weighted by atomic mass is 127. The molecule has 1 heterocycles. The molecule has 0 fully saturated rings. The predicted octanol–water partition coefficient (Wildman–Crippen LogP) is 4.09. The van der Waals surface area contributed by atoms with E-state index in [1.165, 1.54) is 24.3 Å². The van der Waals surface area contributed by atoms with Crippen LogP contribution in [0.4, 0.5) is 5.69 Å². The molecule has 0 saturated carbocycles. The number of hydrogen-bond acceptors (Lipinski definition) is 6. The van der Waals surface area contributed by atoms with Crippen molar-refractivity contribution < 1.29 is 19.2 Å². The Kier molecular flexibility index (Phi) is 7.17. The molecule has 0 aliphatic rings. The van der Waals surface area contributed by atoms with Crippen LogP contribution in [0.5, 0.6) is 11.5 Å². The fourth-order valence-electron chi connectivity index (χ4n) is 2.62. The summed E-state index contributed by atoms with van der Waals surface area (Å²) >= 11 is 2.18. The van der Waals surface area contributed by atoms with Crippen LogP contribution in [0.3, 0.4) is 0 Å². The number of non-ortho nitro benzene ring substituents is 1. The van der Waals surface area contributed by atoms with Gasteiger partial charge in [-0.05, 0) is 65.4 Å². The van der Waals surface area contributed by atoms with Crippen LogP contribution in [0.1, 0.15) is 6.42 Å². The van der Waals surface area contributed by atoms with Crippen molar-refractivity contribution in [2.24, 2.45) is 5.92 Å². The van der Waals surface area contributed by atoms with Gasteiger partial charge in [-0.2, -0.15) is 0 Å². The lowest BCUT2D eigenvalue weighted by atomic mass is 10.1. The van der Waals surface area contributed by atoms with Gasteiger partial charge in [-0.15, -0.1) is 0 Å². The third-order valence-electron chi connectivity index (χ3n) is 4.14. The highest BCUT2D eigenvalue weighted by molar-refractivity contribution is 14.1. The van der Waals surface area contributed by atoms with Crippen molar-refractivity contribution in [3.63, 3.8) is 0 Å². The van der Waals surface area contributed by atoms with Crippen LogP contribution in [0.15, 0.2) is 67.3 Å². The maximum atomic E-state index is 12.7. The molecule has 0 saturated heterocycles. The molecule has 8 nitrogen and oxygen atoms in total. The maximum Gasteiger partial charge on any atom is 0.316 e. The fraction of sp³-hybridized carbons (Fsp3) is 0.200. The first-order valence-corrected chi connectivity index (χ1v) is 9.89. The van der Waals surface area contributed by atoms with Crippen molar-refractivity contribution in [2.75, 3.05) is 6.61 Å². The molecule has 0 aliphatic heterocycles. The zero-order chi connectivity index (χ0) is 20.6. The predicted molar refractivity (Wildman–Crippen MR) is 114 cm³/mol. The Morgan fingerprint density at radius 2 is 1.83 bits per heavy atom. The van der Waals surface area contributed by atoms with Crippen LogP contribution in [0, 0.1) is 19.6 Å². The molecule has 0 bridgehead atoms. The summed E-state index contributed by atoms with van der Waals surface area (Å²) in [5.74, 6) is 0.194. The molecular formula is C20H18IN3O5. The van der Waals surface area contributed by atoms with Gasteiger partial charge in [-0.3, -0.25) is 14.9 Å². The second kappa shape index (κ2) is 10.0. The Morgan fingerprint density at radius 3 is 2.45 bits per heavy atom. The van der Waals surface area contributed by atoms with Gasteiger partial charge in [0.05, 0.1) is 23.8 Å². The topological polar surface area (TPSA) is 96.5 Å². The number of nitro groups is 1. The third-order valence-corrected chi connectivity index (χ3v) is 4.86. The Morgan fingerprint density at radius 1 is 1.14 bits per heavy atom. The first kappa shape index (κ1) is 20.8. The average molecular weight is 507 g/mol. The monoisotopic (exact) mass is 507 g/mol. The average Bonchev–Trinajstić information content (AvgIpc) is 3.22. The minimum atomic E-state index is -0.467. The first-order chi connectivity index (χ1) is 14.0. The molecule has 0 radical (unpaired) electrons. The summed E-state index contributed by atoms with van der Waals surface area (Å²) in [4.78, 5) is 26.9. The van der Waals surface area contributed by atoms with Crippen molar-refractivity contribution in [3.05, 3.63) is 80.9 Å². The number of imidazole rings is 1. The summed E-state index contributed by atoms with van der Waals surface area (Å²) in [7, 11) is 0. The lowest BCUT2D eigenvalue weighted by Crippen LogP contribution is -2.26. The number of esters is 1. The van der Waals surface area contributed by atoms with E-state index in [-0.39, 0.29) is 18.3 Å². The largest absolute Gasteiger partial charge is 0.494 e. The Hall–Kier alpha value is -2.95. The molecule has 1 unspecified atom stereocenters. The van der Waals surface area contributed by atoms with E-state index in [2.05, 4.69) is 27.6 Å². The zero-order valence-electron chi connectivity index (χ0n) is 15.3. The number of rotatable bonds is 9. The van der Waals surface area contributed by atoms with Gasteiger partial charge in [0.25, 0.3) is 5.69 Å². The fourth-order valence-corrected chi connectivity index (χ4v) is 2.98. The van der Waals surface area contributed by atoms with Gasteiger partial charge in [0, 0.05) is 34.6 Å². The molecular weight excluding hydrogens is 489 g/mol. The summed E-state index contributed by atoms with van der Waals surface area (Å²) < 4.78 is 14.0. The molecule has 3 rings (SSSR count). The van der Waals surface area contributed by atoms with Crippen molar-refractivity contribution in [3.8, 4) is 11.5 Å². The molecule has 0 aliphatic carbocycles. The third kappa shape index (κ3) is 6.28. The lowest BCUT2D eigenvalue weighted by molar-refractivity contribution is -0.384. The molecule has 150 valence electrons. The molecule has 3 aromatic rings. The van der Waals surface area contributed by atoms with E-state index in [9.17, 15) is 14.9 Å². The summed E-state index contributed by atoms with van der Waals surface area (Å²) in [6.45, 7) is 0.672. The highest BCUT2D eigenvalue weighted by Crippen LogP contribution is 2.20. The number of carbonyl (C=O) groups excluding carboxylic acids is 1. The highest BCUT2D eigenvalue weighted by Gasteiger charge is 2.22. The van der Waals surface area contributed by atoms with Gasteiger partial charge in [0.15, 0.2) is 0 Å². The minimum absolute atomic E-state index is 0.00330. The quantitative estimate of drug-likeness (QED) is 0.142. The SMILES string of the molecule is O=C(Oc1ccc(I)cc1)C(CCOc1ccc([N+](=O)[O-])cc1)Cn1ccnc1. The van der Waals surface area contributed by atoms with E-state index < -0.39 is 10.8 Å². The summed E-state index contributed by atoms with van der Waals surface area (Å²) in [6.07, 6.45) is 5.48. The van der Waals surface area contributed by atoms with E-state index in [4.69, 9.17) is 9.47 Å². The van der Waals surface area contributed by atoms with E-state index >= 15 is 0 Å². The maximum absolute atomic E-state index is 12.7. The van der Waals surface area contributed by atoms with E-state index in [1.807, 2.05) is 16.7 Å². The number of benzene rings is 2. The number of nitro benzene ring substituents is 1. The number of ether oxygens (including phenoxy) is 2. The van der Waals surface area contributed by atoms with E-state index in [1.54, 1.807) is 30.9 Å². The van der Waals surface area contributed by atoms with Crippen molar-refractivity contribution in [2.45, 2.75) is 13.0 Å². The molecule has 0 amide bonds. The Bertz CT molecular complexity index is 943. The molecule has 1 atom stereocenters. The second-order valence-electron chi connectivity index (χ2n) is 6.22. The first-order valence-electron chi connectivity index (χ1n) is 8.81. The number of carbonyl (C=O) groups is 1. The summed E-state index contributed by atoms with van der Waals surface area (Å²) in [6, 6.07) is 13.1. The Balaban J connectivity index is 1.61. The molecule has 2 aromatic carbocycles. The number of nitrogens with zero attached hydrogens (tertiary/aromatic N) is 3. The van der Waals surface area contributed by atoms with Crippen LogP contribution in [-0.4, -0.2) is 27.1 Å². The van der Waals surface area contributed by atoms with Crippen molar-refractivity contribution in [1.82, 2.24) is 9.55 Å². The van der Waals surface area contributed by atoms with E-state index in [0.29, 0.717) is 24.5 Å². The Labute approximate surface area is 180 Å². The van der Waals surface area contributed by atoms with Gasteiger partial charge in [0.1, 0.15) is 11.5 Å². The van der Waals surface area contributed by atoms with Gasteiger partial charge in [-0.25, -0.2) is 4.98 Å².